The van der Waals surface area contributed by atoms with Crippen LogP contribution in [0, 0.1) is 0 Å². The van der Waals surface area contributed by atoms with Gasteiger partial charge in [-0.3, -0.25) is 4.79 Å². The lowest BCUT2D eigenvalue weighted by Gasteiger charge is -2.31. The Morgan fingerprint density at radius 3 is 2.42 bits per heavy atom. The second-order valence-corrected chi connectivity index (χ2v) is 11.3. The van der Waals surface area contributed by atoms with Crippen molar-refractivity contribution in [1.82, 2.24) is 5.32 Å². The molecule has 0 saturated heterocycles. The van der Waals surface area contributed by atoms with E-state index < -0.39 is 11.6 Å². The van der Waals surface area contributed by atoms with Crippen molar-refractivity contribution in [2.75, 3.05) is 26.9 Å². The minimum absolute atomic E-state index is 0.0747. The van der Waals surface area contributed by atoms with Crippen LogP contribution in [0.5, 0.6) is 11.5 Å². The molecule has 4 aromatic carbocycles. The Hall–Kier alpha value is -4.14. The average molecular weight is 644 g/mol. The summed E-state index contributed by atoms with van der Waals surface area (Å²) in [4.78, 5) is 19.4. The molecule has 2 atom stereocenters. The van der Waals surface area contributed by atoms with Crippen LogP contribution in [0.1, 0.15) is 34.8 Å². The molecule has 2 N–H and O–H groups in total. The second kappa shape index (κ2) is 14.4. The molecule has 0 fully saturated rings. The normalized spacial score (nSPS) is 17.6. The predicted octanol–water partition coefficient (Wildman–Crippen LogP) is 6.08. The van der Waals surface area contributed by atoms with Crippen molar-refractivity contribution in [3.8, 4) is 11.5 Å². The van der Waals surface area contributed by atoms with Crippen molar-refractivity contribution in [2.45, 2.75) is 30.9 Å². The van der Waals surface area contributed by atoms with Gasteiger partial charge in [0.1, 0.15) is 11.5 Å². The largest absolute Gasteiger partial charge is 0.497 e. The smallest absolute Gasteiger partial charge is 0.252 e. The second-order valence-electron chi connectivity index (χ2n) is 10.4. The summed E-state index contributed by atoms with van der Waals surface area (Å²) in [6.45, 7) is 0.931. The van der Waals surface area contributed by atoms with Crippen LogP contribution in [0.4, 0.5) is 0 Å². The minimum Gasteiger partial charge on any atom is -0.497 e. The van der Waals surface area contributed by atoms with E-state index in [2.05, 4.69) is 21.2 Å². The third-order valence-corrected chi connectivity index (χ3v) is 7.88. The van der Waals surface area contributed by atoms with Crippen molar-refractivity contribution in [3.05, 3.63) is 130 Å². The monoisotopic (exact) mass is 642 g/mol. The average Bonchev–Trinajstić information content (AvgIpc) is 3.42. The lowest BCUT2D eigenvalue weighted by Crippen LogP contribution is -2.50. The molecule has 43 heavy (non-hydrogen) atoms. The molecular formula is C35H35BrN2O5. The highest BCUT2D eigenvalue weighted by atomic mass is 79.9. The summed E-state index contributed by atoms with van der Waals surface area (Å²) in [7, 11) is 1.64. The Morgan fingerprint density at radius 2 is 1.70 bits per heavy atom. The number of benzene rings is 4. The van der Waals surface area contributed by atoms with Gasteiger partial charge < -0.3 is 24.6 Å². The molecule has 222 valence electrons. The van der Waals surface area contributed by atoms with Crippen molar-refractivity contribution >= 4 is 27.7 Å². The van der Waals surface area contributed by atoms with Gasteiger partial charge in [-0.15, -0.1) is 0 Å². The number of methoxy groups -OCH3 is 1. The standard InChI is InChI=1S/C35H35BrN2O5/c1-41-31-10-5-9-25(23-31)19-20-37-34(40)35(24-26-7-3-2-4-8-26)32(27-11-15-29(36)16-12-27)43-33(38-35)28-13-17-30(18-14-28)42-22-6-21-39/h2-5,7-18,23,32,39H,6,19-22,24H2,1H3,(H,37,40)/t32-,35-/m1/s1. The van der Waals surface area contributed by atoms with Crippen LogP contribution in [0.3, 0.4) is 0 Å². The lowest BCUT2D eigenvalue weighted by molar-refractivity contribution is -0.128. The molecule has 5 rings (SSSR count). The zero-order chi connectivity index (χ0) is 30.1. The SMILES string of the molecule is COc1cccc(CCNC(=O)[C@]2(Cc3ccccc3)N=C(c3ccc(OCCCO)cc3)O[C@@H]2c2ccc(Br)cc2)c1. The van der Waals surface area contributed by atoms with Gasteiger partial charge in [-0.05, 0) is 71.6 Å². The molecular weight excluding hydrogens is 608 g/mol. The molecule has 0 saturated carbocycles. The van der Waals surface area contributed by atoms with E-state index in [4.69, 9.17) is 24.3 Å². The first-order valence-corrected chi connectivity index (χ1v) is 15.1. The fraction of sp³-hybridized carbons (Fsp3) is 0.257. The molecule has 0 aromatic heterocycles. The highest BCUT2D eigenvalue weighted by Gasteiger charge is 2.53. The van der Waals surface area contributed by atoms with E-state index in [0.717, 1.165) is 32.5 Å². The number of carbonyl (C=O) groups excluding carboxylic acids is 1. The Morgan fingerprint density at radius 1 is 0.953 bits per heavy atom. The Kier molecular flexibility index (Phi) is 10.1. The van der Waals surface area contributed by atoms with Gasteiger partial charge in [0.05, 0.1) is 13.7 Å². The Bertz CT molecular complexity index is 1530. The summed E-state index contributed by atoms with van der Waals surface area (Å²) >= 11 is 3.53. The number of carbonyl (C=O) groups is 1. The van der Waals surface area contributed by atoms with E-state index in [1.165, 1.54) is 0 Å². The van der Waals surface area contributed by atoms with E-state index in [9.17, 15) is 4.79 Å². The number of aliphatic hydroxyl groups excluding tert-OH is 1. The van der Waals surface area contributed by atoms with Crippen molar-refractivity contribution in [3.63, 3.8) is 0 Å². The number of nitrogens with zero attached hydrogens (tertiary/aromatic N) is 1. The molecule has 4 aromatic rings. The number of nitrogens with one attached hydrogen (secondary N) is 1. The van der Waals surface area contributed by atoms with Gasteiger partial charge in [-0.2, -0.15) is 0 Å². The molecule has 7 nitrogen and oxygen atoms in total. The summed E-state index contributed by atoms with van der Waals surface area (Å²) in [6, 6.07) is 33.0. The van der Waals surface area contributed by atoms with Gasteiger partial charge in [0.2, 0.25) is 5.90 Å². The van der Waals surface area contributed by atoms with Gasteiger partial charge in [0.15, 0.2) is 11.6 Å². The van der Waals surface area contributed by atoms with E-state index >= 15 is 0 Å². The summed E-state index contributed by atoms with van der Waals surface area (Å²) in [6.07, 6.45) is 0.892. The molecule has 8 heteroatoms. The quantitative estimate of drug-likeness (QED) is 0.173. The van der Waals surface area contributed by atoms with Crippen molar-refractivity contribution in [2.24, 2.45) is 4.99 Å². The third kappa shape index (κ3) is 7.45. The zero-order valence-corrected chi connectivity index (χ0v) is 25.6. The molecule has 0 spiro atoms. The van der Waals surface area contributed by atoms with E-state index in [0.29, 0.717) is 44.1 Å². The molecule has 1 heterocycles. The third-order valence-electron chi connectivity index (χ3n) is 7.35. The fourth-order valence-corrected chi connectivity index (χ4v) is 5.39. The molecule has 0 unspecified atom stereocenters. The number of amides is 1. The topological polar surface area (TPSA) is 89.4 Å². The van der Waals surface area contributed by atoms with Gasteiger partial charge in [-0.1, -0.05) is 70.5 Å². The predicted molar refractivity (Wildman–Crippen MR) is 171 cm³/mol. The van der Waals surface area contributed by atoms with Crippen LogP contribution in [0.25, 0.3) is 0 Å². The maximum atomic E-state index is 14.3. The van der Waals surface area contributed by atoms with Crippen LogP contribution in [0.15, 0.2) is 113 Å². The maximum Gasteiger partial charge on any atom is 0.252 e. The van der Waals surface area contributed by atoms with E-state index in [1.54, 1.807) is 7.11 Å². The van der Waals surface area contributed by atoms with E-state index in [-0.39, 0.29) is 12.5 Å². The first kappa shape index (κ1) is 30.3. The van der Waals surface area contributed by atoms with Gasteiger partial charge >= 0.3 is 0 Å². The van der Waals surface area contributed by atoms with Crippen LogP contribution in [-0.4, -0.2) is 49.3 Å². The van der Waals surface area contributed by atoms with Crippen LogP contribution in [-0.2, 0) is 22.4 Å². The Balaban J connectivity index is 1.48. The molecule has 0 aliphatic carbocycles. The molecule has 1 aliphatic heterocycles. The van der Waals surface area contributed by atoms with Crippen molar-refractivity contribution < 1.29 is 24.1 Å². The first-order valence-electron chi connectivity index (χ1n) is 14.3. The van der Waals surface area contributed by atoms with Crippen LogP contribution in [0.2, 0.25) is 0 Å². The van der Waals surface area contributed by atoms with E-state index in [1.807, 2.05) is 103 Å². The van der Waals surface area contributed by atoms with Crippen molar-refractivity contribution in [1.29, 1.82) is 0 Å². The summed E-state index contributed by atoms with van der Waals surface area (Å²) < 4.78 is 18.6. The Labute approximate surface area is 260 Å². The number of hydrogen-bond donors (Lipinski definition) is 2. The van der Waals surface area contributed by atoms with Crippen LogP contribution >= 0.6 is 15.9 Å². The number of aliphatic imine (C=N–C) groups is 1. The zero-order valence-electron chi connectivity index (χ0n) is 24.0. The minimum atomic E-state index is -1.25. The summed E-state index contributed by atoms with van der Waals surface area (Å²) in [5.41, 5.74) is 2.39. The van der Waals surface area contributed by atoms with Gasteiger partial charge in [0, 0.05) is 36.0 Å². The number of rotatable bonds is 13. The summed E-state index contributed by atoms with van der Waals surface area (Å²) in [5.74, 6) is 1.66. The number of ether oxygens (including phenoxy) is 3. The van der Waals surface area contributed by atoms with Gasteiger partial charge in [0.25, 0.3) is 5.91 Å². The summed E-state index contributed by atoms with van der Waals surface area (Å²) in [5, 5.41) is 12.2. The van der Waals surface area contributed by atoms with Gasteiger partial charge in [-0.25, -0.2) is 4.99 Å². The first-order chi connectivity index (χ1) is 21.0. The molecule has 1 amide bonds. The molecule has 0 radical (unpaired) electrons. The lowest BCUT2D eigenvalue weighted by atomic mass is 9.82. The number of halogens is 1. The highest BCUT2D eigenvalue weighted by molar-refractivity contribution is 9.10. The fourth-order valence-electron chi connectivity index (χ4n) is 5.13. The maximum absolute atomic E-state index is 14.3. The highest BCUT2D eigenvalue weighted by Crippen LogP contribution is 2.42. The molecule has 1 aliphatic rings. The van der Waals surface area contributed by atoms with Crippen LogP contribution < -0.4 is 14.8 Å². The number of aliphatic hydroxyl groups is 1. The number of hydrogen-bond acceptors (Lipinski definition) is 6. The molecule has 0 bridgehead atoms.